The largest absolute Gasteiger partial charge is 0.338 e. The summed E-state index contributed by atoms with van der Waals surface area (Å²) < 4.78 is 1.84. The molecule has 0 radical (unpaired) electrons. The molecule has 0 bridgehead atoms. The van der Waals surface area contributed by atoms with Crippen LogP contribution in [0.15, 0.2) is 42.7 Å². The Labute approximate surface area is 106 Å². The number of benzene rings is 1. The molecule has 94 valence electrons. The zero-order chi connectivity index (χ0) is 13.0. The second kappa shape index (κ2) is 5.60. The van der Waals surface area contributed by atoms with Crippen LogP contribution in [0.1, 0.15) is 11.4 Å². The number of hydrogen-bond acceptors (Lipinski definition) is 3. The van der Waals surface area contributed by atoms with E-state index in [1.54, 1.807) is 6.20 Å². The van der Waals surface area contributed by atoms with E-state index in [0.717, 1.165) is 11.4 Å². The average Bonchev–Trinajstić information content (AvgIpc) is 2.76. The molecule has 0 spiro atoms. The van der Waals surface area contributed by atoms with Crippen molar-refractivity contribution in [3.63, 3.8) is 0 Å². The van der Waals surface area contributed by atoms with Crippen molar-refractivity contribution in [3.05, 3.63) is 54.1 Å². The maximum atomic E-state index is 12.0. The fraction of sp³-hybridized carbons (Fsp3) is 0.286. The smallest absolute Gasteiger partial charge is 0.157 e. The van der Waals surface area contributed by atoms with Gasteiger partial charge in [0.2, 0.25) is 0 Å². The SMILES string of the molecule is Cn1ccnc1CC(=O)C(N)Cc1ccccc1. The summed E-state index contributed by atoms with van der Waals surface area (Å²) in [5, 5.41) is 0. The Hall–Kier alpha value is -1.94. The zero-order valence-corrected chi connectivity index (χ0v) is 10.4. The van der Waals surface area contributed by atoms with Crippen molar-refractivity contribution >= 4 is 5.78 Å². The molecular formula is C14H17N3O. The van der Waals surface area contributed by atoms with Crippen molar-refractivity contribution in [1.82, 2.24) is 9.55 Å². The molecule has 0 aliphatic rings. The fourth-order valence-electron chi connectivity index (χ4n) is 1.84. The minimum absolute atomic E-state index is 0.0214. The molecular weight excluding hydrogens is 226 g/mol. The molecule has 1 atom stereocenters. The third-order valence-electron chi connectivity index (χ3n) is 2.97. The minimum atomic E-state index is -0.468. The van der Waals surface area contributed by atoms with E-state index >= 15 is 0 Å². The highest BCUT2D eigenvalue weighted by Gasteiger charge is 2.16. The second-order valence-electron chi connectivity index (χ2n) is 4.39. The molecule has 0 aliphatic heterocycles. The summed E-state index contributed by atoms with van der Waals surface area (Å²) in [6.07, 6.45) is 4.37. The molecule has 4 heteroatoms. The monoisotopic (exact) mass is 243 g/mol. The first kappa shape index (κ1) is 12.5. The van der Waals surface area contributed by atoms with Gasteiger partial charge < -0.3 is 10.3 Å². The predicted molar refractivity (Wildman–Crippen MR) is 70.0 cm³/mol. The van der Waals surface area contributed by atoms with Crippen LogP contribution in [0.5, 0.6) is 0 Å². The Morgan fingerprint density at radius 3 is 2.72 bits per heavy atom. The number of imidazole rings is 1. The Bertz CT molecular complexity index is 519. The lowest BCUT2D eigenvalue weighted by molar-refractivity contribution is -0.119. The lowest BCUT2D eigenvalue weighted by Crippen LogP contribution is -2.34. The lowest BCUT2D eigenvalue weighted by atomic mass is 10.0. The summed E-state index contributed by atoms with van der Waals surface area (Å²) in [5.74, 6) is 0.775. The summed E-state index contributed by atoms with van der Waals surface area (Å²) in [7, 11) is 1.87. The zero-order valence-electron chi connectivity index (χ0n) is 10.4. The molecule has 0 fully saturated rings. The second-order valence-corrected chi connectivity index (χ2v) is 4.39. The van der Waals surface area contributed by atoms with Gasteiger partial charge >= 0.3 is 0 Å². The van der Waals surface area contributed by atoms with Crippen molar-refractivity contribution in [3.8, 4) is 0 Å². The van der Waals surface area contributed by atoms with E-state index in [2.05, 4.69) is 4.98 Å². The number of hydrogen-bond donors (Lipinski definition) is 1. The molecule has 2 aromatic rings. The molecule has 1 aromatic heterocycles. The van der Waals surface area contributed by atoms with Crippen molar-refractivity contribution in [1.29, 1.82) is 0 Å². The standard InChI is InChI=1S/C14H17N3O/c1-17-8-7-16-14(17)10-13(18)12(15)9-11-5-3-2-4-6-11/h2-8,12H,9-10,15H2,1H3. The maximum absolute atomic E-state index is 12.0. The highest BCUT2D eigenvalue weighted by Crippen LogP contribution is 2.05. The van der Waals surface area contributed by atoms with Gasteiger partial charge in [-0.15, -0.1) is 0 Å². The molecule has 1 aromatic carbocycles. The highest BCUT2D eigenvalue weighted by atomic mass is 16.1. The van der Waals surface area contributed by atoms with Gasteiger partial charge in [0, 0.05) is 19.4 Å². The molecule has 18 heavy (non-hydrogen) atoms. The molecule has 4 nitrogen and oxygen atoms in total. The lowest BCUT2D eigenvalue weighted by Gasteiger charge is -2.10. The quantitative estimate of drug-likeness (QED) is 0.855. The van der Waals surface area contributed by atoms with Crippen LogP contribution in [0, 0.1) is 0 Å². The fourth-order valence-corrected chi connectivity index (χ4v) is 1.84. The maximum Gasteiger partial charge on any atom is 0.157 e. The number of carbonyl (C=O) groups is 1. The van der Waals surface area contributed by atoms with Crippen molar-refractivity contribution < 1.29 is 4.79 Å². The molecule has 2 rings (SSSR count). The van der Waals surface area contributed by atoms with E-state index in [0.29, 0.717) is 6.42 Å². The minimum Gasteiger partial charge on any atom is -0.338 e. The van der Waals surface area contributed by atoms with Crippen LogP contribution in [-0.4, -0.2) is 21.4 Å². The number of aryl methyl sites for hydroxylation is 1. The van der Waals surface area contributed by atoms with Crippen LogP contribution < -0.4 is 5.73 Å². The summed E-state index contributed by atoms with van der Waals surface area (Å²) in [5.41, 5.74) is 7.01. The van der Waals surface area contributed by atoms with Gasteiger partial charge in [0.15, 0.2) is 5.78 Å². The molecule has 1 unspecified atom stereocenters. The van der Waals surface area contributed by atoms with Gasteiger partial charge in [0.05, 0.1) is 12.5 Å². The molecule has 0 aliphatic carbocycles. The van der Waals surface area contributed by atoms with Gasteiger partial charge in [-0.3, -0.25) is 4.79 Å². The summed E-state index contributed by atoms with van der Waals surface area (Å²) >= 11 is 0. The third kappa shape index (κ3) is 3.05. The van der Waals surface area contributed by atoms with Gasteiger partial charge in [-0.25, -0.2) is 4.98 Å². The summed E-state index contributed by atoms with van der Waals surface area (Å²) in [4.78, 5) is 16.1. The first-order chi connectivity index (χ1) is 8.66. The molecule has 0 saturated heterocycles. The van der Waals surface area contributed by atoms with Crippen LogP contribution in [0.25, 0.3) is 0 Å². The van der Waals surface area contributed by atoms with Crippen LogP contribution in [0.4, 0.5) is 0 Å². The van der Waals surface area contributed by atoms with Crippen LogP contribution >= 0.6 is 0 Å². The Morgan fingerprint density at radius 2 is 2.11 bits per heavy atom. The number of ketones is 1. The van der Waals surface area contributed by atoms with Crippen LogP contribution in [0.2, 0.25) is 0 Å². The Balaban J connectivity index is 1.95. The molecule has 0 amide bonds. The topological polar surface area (TPSA) is 60.9 Å². The van der Waals surface area contributed by atoms with E-state index < -0.39 is 6.04 Å². The number of Topliss-reactive ketones (excluding diaryl/α,β-unsaturated/α-hetero) is 1. The van der Waals surface area contributed by atoms with Crippen LogP contribution in [-0.2, 0) is 24.7 Å². The van der Waals surface area contributed by atoms with Gasteiger partial charge in [-0.2, -0.15) is 0 Å². The first-order valence-corrected chi connectivity index (χ1v) is 5.95. The number of nitrogens with two attached hydrogens (primary N) is 1. The number of rotatable bonds is 5. The van der Waals surface area contributed by atoms with Crippen molar-refractivity contribution in [2.75, 3.05) is 0 Å². The predicted octanol–water partition coefficient (Wildman–Crippen LogP) is 1.10. The van der Waals surface area contributed by atoms with Crippen LogP contribution in [0.3, 0.4) is 0 Å². The van der Waals surface area contributed by atoms with E-state index in [9.17, 15) is 4.79 Å². The number of carbonyl (C=O) groups excluding carboxylic acids is 1. The number of aromatic nitrogens is 2. The highest BCUT2D eigenvalue weighted by molar-refractivity contribution is 5.85. The van der Waals surface area contributed by atoms with Crippen molar-refractivity contribution in [2.24, 2.45) is 12.8 Å². The van der Waals surface area contributed by atoms with E-state index in [1.807, 2.05) is 48.1 Å². The normalized spacial score (nSPS) is 12.3. The van der Waals surface area contributed by atoms with Crippen molar-refractivity contribution in [2.45, 2.75) is 18.9 Å². The summed E-state index contributed by atoms with van der Waals surface area (Å²) in [6.45, 7) is 0. The Kier molecular flexibility index (Phi) is 3.89. The van der Waals surface area contributed by atoms with Gasteiger partial charge in [-0.05, 0) is 12.0 Å². The third-order valence-corrected chi connectivity index (χ3v) is 2.97. The molecule has 0 saturated carbocycles. The molecule has 1 heterocycles. The van der Waals surface area contributed by atoms with Gasteiger partial charge in [0.25, 0.3) is 0 Å². The van der Waals surface area contributed by atoms with E-state index in [4.69, 9.17) is 5.73 Å². The first-order valence-electron chi connectivity index (χ1n) is 5.95. The van der Waals surface area contributed by atoms with E-state index in [-0.39, 0.29) is 12.2 Å². The average molecular weight is 243 g/mol. The summed E-state index contributed by atoms with van der Waals surface area (Å²) in [6, 6.07) is 9.34. The Morgan fingerprint density at radius 1 is 1.39 bits per heavy atom. The van der Waals surface area contributed by atoms with Gasteiger partial charge in [-0.1, -0.05) is 30.3 Å². The molecule has 2 N–H and O–H groups in total. The number of nitrogens with zero attached hydrogens (tertiary/aromatic N) is 2. The van der Waals surface area contributed by atoms with E-state index in [1.165, 1.54) is 0 Å². The van der Waals surface area contributed by atoms with Gasteiger partial charge in [0.1, 0.15) is 5.82 Å².